The summed E-state index contributed by atoms with van der Waals surface area (Å²) in [5, 5.41) is 2.82. The third kappa shape index (κ3) is 19.8. The van der Waals surface area contributed by atoms with Gasteiger partial charge in [0.25, 0.3) is 0 Å². The number of nitrogens with zero attached hydrogens (tertiary/aromatic N) is 2. The van der Waals surface area contributed by atoms with Gasteiger partial charge >= 0.3 is 24.7 Å². The van der Waals surface area contributed by atoms with Gasteiger partial charge in [-0.2, -0.15) is 0 Å². The van der Waals surface area contributed by atoms with E-state index in [9.17, 15) is 18.7 Å². The predicted octanol–water partition coefficient (Wildman–Crippen LogP) is 9.87. The van der Waals surface area contributed by atoms with E-state index in [0.717, 1.165) is 12.8 Å². The Balaban J connectivity index is 0.000000744. The topological polar surface area (TPSA) is 131 Å². The molecule has 2 aromatic rings. The molecule has 0 aliphatic carbocycles. The molecule has 2 rings (SSSR count). The zero-order chi connectivity index (χ0) is 35.9. The Kier molecular flexibility index (Phi) is 24.4. The van der Waals surface area contributed by atoms with Crippen molar-refractivity contribution < 1.29 is 28.2 Å². The first kappa shape index (κ1) is 45.3. The zero-order valence-electron chi connectivity index (χ0n) is 26.5. The first-order chi connectivity index (χ1) is 22.2. The van der Waals surface area contributed by atoms with Crippen molar-refractivity contribution in [2.45, 2.75) is 26.7 Å². The molecule has 0 amide bonds. The molecule has 264 valence electrons. The molecule has 0 aromatic heterocycles. The minimum absolute atomic E-state index is 0.153. The summed E-state index contributed by atoms with van der Waals surface area (Å²) < 4.78 is 36.6. The normalized spacial score (nSPS) is 12.0. The molecule has 3 N–H and O–H groups in total. The monoisotopic (exact) mass is 792 g/mol. The van der Waals surface area contributed by atoms with Gasteiger partial charge < -0.3 is 20.3 Å². The average molecular weight is 795 g/mol. The van der Waals surface area contributed by atoms with Crippen LogP contribution >= 0.6 is 69.7 Å². The number of nitrogens with one attached hydrogen (secondary N) is 1. The predicted molar refractivity (Wildman–Crippen MR) is 200 cm³/mol. The Bertz CT molecular complexity index is 1300. The SMILES string of the molecule is C=CCOC(=O)c1ccc(N)cc1.C=CCOC(=O)c1ccc(NP(=O)(Cl)N(CCC)CCCl)cc1.CCCN(CCCl)P(=O)(Cl)Cl. The van der Waals surface area contributed by atoms with Crippen LogP contribution in [-0.4, -0.2) is 72.4 Å². The number of anilines is 2. The van der Waals surface area contributed by atoms with E-state index in [2.05, 4.69) is 18.2 Å². The van der Waals surface area contributed by atoms with Crippen LogP contribution in [0.15, 0.2) is 73.8 Å². The second kappa shape index (κ2) is 25.3. The van der Waals surface area contributed by atoms with Gasteiger partial charge in [0.1, 0.15) is 13.2 Å². The Labute approximate surface area is 302 Å². The fourth-order valence-corrected chi connectivity index (χ4v) is 7.88. The van der Waals surface area contributed by atoms with E-state index in [1.165, 1.54) is 16.8 Å². The van der Waals surface area contributed by atoms with Gasteiger partial charge in [0.15, 0.2) is 0 Å². The first-order valence-corrected chi connectivity index (χ1v) is 21.5. The quantitative estimate of drug-likeness (QED) is 0.0494. The third-order valence-electron chi connectivity index (χ3n) is 5.54. The number of alkyl halides is 2. The summed E-state index contributed by atoms with van der Waals surface area (Å²) in [5.74, 6) is -3.19. The second-order valence-corrected chi connectivity index (χ2v) is 17.9. The van der Waals surface area contributed by atoms with E-state index in [-0.39, 0.29) is 19.2 Å². The Hall–Kier alpha value is -1.71. The highest BCUT2D eigenvalue weighted by Gasteiger charge is 2.27. The van der Waals surface area contributed by atoms with Crippen LogP contribution in [0.5, 0.6) is 0 Å². The molecule has 0 aliphatic rings. The van der Waals surface area contributed by atoms with Crippen molar-refractivity contribution in [2.24, 2.45) is 0 Å². The summed E-state index contributed by atoms with van der Waals surface area (Å²) in [6.07, 6.45) is 4.69. The largest absolute Gasteiger partial charge is 0.458 e. The van der Waals surface area contributed by atoms with Crippen LogP contribution in [0.4, 0.5) is 11.4 Å². The summed E-state index contributed by atoms with van der Waals surface area (Å²) in [5.41, 5.74) is 7.53. The number of benzene rings is 2. The van der Waals surface area contributed by atoms with Gasteiger partial charge in [-0.15, -0.1) is 23.2 Å². The van der Waals surface area contributed by atoms with Crippen LogP contribution in [0.1, 0.15) is 47.4 Å². The second-order valence-electron chi connectivity index (χ2n) is 9.31. The molecule has 10 nitrogen and oxygen atoms in total. The number of rotatable bonds is 18. The molecule has 0 bridgehead atoms. The molecule has 0 saturated carbocycles. The Morgan fingerprint density at radius 3 is 1.55 bits per heavy atom. The number of hydrogen-bond acceptors (Lipinski definition) is 7. The van der Waals surface area contributed by atoms with Crippen LogP contribution in [0.2, 0.25) is 0 Å². The van der Waals surface area contributed by atoms with E-state index >= 15 is 0 Å². The summed E-state index contributed by atoms with van der Waals surface area (Å²) in [6, 6.07) is 13.0. The fourth-order valence-electron chi connectivity index (χ4n) is 3.39. The van der Waals surface area contributed by atoms with Crippen molar-refractivity contribution in [1.82, 2.24) is 9.34 Å². The van der Waals surface area contributed by atoms with Crippen molar-refractivity contribution in [1.29, 1.82) is 0 Å². The number of nitrogen functional groups attached to an aromatic ring is 1. The number of hydrogen-bond donors (Lipinski definition) is 2. The molecule has 0 aliphatic heterocycles. The van der Waals surface area contributed by atoms with Gasteiger partial charge in [-0.3, -0.25) is 9.13 Å². The van der Waals surface area contributed by atoms with Crippen LogP contribution < -0.4 is 10.8 Å². The van der Waals surface area contributed by atoms with Crippen molar-refractivity contribution in [2.75, 3.05) is 62.0 Å². The lowest BCUT2D eigenvalue weighted by molar-refractivity contribution is 0.0540. The highest BCUT2D eigenvalue weighted by atomic mass is 35.9. The van der Waals surface area contributed by atoms with Gasteiger partial charge in [0, 0.05) is 49.3 Å². The number of esters is 2. The molecule has 2 aromatic carbocycles. The van der Waals surface area contributed by atoms with Crippen LogP contribution in [0.3, 0.4) is 0 Å². The molecule has 1 unspecified atom stereocenters. The lowest BCUT2D eigenvalue weighted by atomic mass is 10.2. The summed E-state index contributed by atoms with van der Waals surface area (Å²) in [4.78, 5) is 22.9. The highest BCUT2D eigenvalue weighted by molar-refractivity contribution is 8.06. The molecular weight excluding hydrogens is 752 g/mol. The van der Waals surface area contributed by atoms with E-state index in [1.54, 1.807) is 53.2 Å². The van der Waals surface area contributed by atoms with Crippen molar-refractivity contribution in [3.63, 3.8) is 0 Å². The third-order valence-corrected chi connectivity index (χ3v) is 10.8. The van der Waals surface area contributed by atoms with E-state index < -0.39 is 18.8 Å². The molecule has 0 saturated heterocycles. The molecule has 1 atom stereocenters. The zero-order valence-corrected chi connectivity index (χ0v) is 32.0. The standard InChI is InChI=1S/C15H21Cl2N2O3P.C10H11NO2.C5H11Cl3NOP/c1-3-10-19(11-9-16)23(17,21)18-14-7-5-13(6-8-14)15(20)22-12-4-2;1-2-7-13-10(12)8-3-5-9(11)6-4-8;1-2-4-9(5-3-6)11(7,8)10/h4-8H,2-3,9-12H2,1H3,(H,18,21);2-6H,1,7,11H2;2-5H2,1H3. The molecule has 0 spiro atoms. The summed E-state index contributed by atoms with van der Waals surface area (Å²) >= 11 is 28.3. The number of nitrogens with two attached hydrogens (primary N) is 1. The summed E-state index contributed by atoms with van der Waals surface area (Å²) in [7, 11) is 0. The van der Waals surface area contributed by atoms with E-state index in [0.29, 0.717) is 60.4 Å². The molecule has 0 heterocycles. The smallest absolute Gasteiger partial charge is 0.338 e. The minimum Gasteiger partial charge on any atom is -0.458 e. The maximum absolute atomic E-state index is 12.6. The van der Waals surface area contributed by atoms with Gasteiger partial charge in [0.05, 0.1) is 11.1 Å². The van der Waals surface area contributed by atoms with Crippen LogP contribution in [-0.2, 0) is 18.6 Å². The van der Waals surface area contributed by atoms with Gasteiger partial charge in [-0.25, -0.2) is 18.9 Å². The molecule has 0 fully saturated rings. The van der Waals surface area contributed by atoms with Crippen LogP contribution in [0, 0.1) is 0 Å². The maximum atomic E-state index is 12.6. The number of carbonyl (C=O) groups excluding carboxylic acids is 2. The average Bonchev–Trinajstić information content (AvgIpc) is 3.03. The Morgan fingerprint density at radius 2 is 1.17 bits per heavy atom. The number of halogens is 5. The van der Waals surface area contributed by atoms with Gasteiger partial charge in [-0.1, -0.05) is 39.2 Å². The van der Waals surface area contributed by atoms with Gasteiger partial charge in [0.2, 0.25) is 0 Å². The van der Waals surface area contributed by atoms with E-state index in [1.807, 2.05) is 13.8 Å². The molecule has 47 heavy (non-hydrogen) atoms. The Morgan fingerprint density at radius 1 is 0.766 bits per heavy atom. The van der Waals surface area contributed by atoms with Gasteiger partial charge in [-0.05, 0) is 95.1 Å². The van der Waals surface area contributed by atoms with Crippen molar-refractivity contribution in [3.05, 3.63) is 85.0 Å². The van der Waals surface area contributed by atoms with E-state index in [4.69, 9.17) is 72.1 Å². The van der Waals surface area contributed by atoms with Crippen molar-refractivity contribution >= 4 is 93.0 Å². The maximum Gasteiger partial charge on any atom is 0.338 e. The first-order valence-electron chi connectivity index (χ1n) is 14.4. The van der Waals surface area contributed by atoms with Crippen LogP contribution in [0.25, 0.3) is 0 Å². The lowest BCUT2D eigenvalue weighted by Gasteiger charge is -2.26. The molecule has 17 heteroatoms. The highest BCUT2D eigenvalue weighted by Crippen LogP contribution is 2.59. The number of carbonyl (C=O) groups is 2. The minimum atomic E-state index is -3.27. The number of ether oxygens (including phenoxy) is 2. The van der Waals surface area contributed by atoms with Crippen molar-refractivity contribution in [3.8, 4) is 0 Å². The molecule has 0 radical (unpaired) electrons. The fraction of sp³-hybridized carbons (Fsp3) is 0.400. The summed E-state index contributed by atoms with van der Waals surface area (Å²) in [6.45, 7) is 10.1. The lowest BCUT2D eigenvalue weighted by Crippen LogP contribution is -2.24. The molecular formula is C30H43Cl5N4O6P2.